The zero-order valence-corrected chi connectivity index (χ0v) is 12.7. The molecule has 24 heavy (non-hydrogen) atoms. The third kappa shape index (κ3) is 3.00. The SMILES string of the molecule is Cc1cc(=O)[nH]c2cc(NC(=O)c3cccc([N+](=O)[O-])c3)ccc12. The Bertz CT molecular complexity index is 1020. The summed E-state index contributed by atoms with van der Waals surface area (Å²) in [5.41, 5.74) is 1.74. The minimum Gasteiger partial charge on any atom is -0.322 e. The van der Waals surface area contributed by atoms with Gasteiger partial charge in [0.15, 0.2) is 0 Å². The van der Waals surface area contributed by atoms with Gasteiger partial charge in [0.25, 0.3) is 11.6 Å². The second-order valence-corrected chi connectivity index (χ2v) is 5.34. The van der Waals surface area contributed by atoms with E-state index in [0.29, 0.717) is 11.2 Å². The lowest BCUT2D eigenvalue weighted by atomic mass is 10.1. The van der Waals surface area contributed by atoms with Crippen LogP contribution in [0.15, 0.2) is 53.3 Å². The highest BCUT2D eigenvalue weighted by molar-refractivity contribution is 6.05. The largest absolute Gasteiger partial charge is 0.322 e. The molecule has 0 aliphatic heterocycles. The number of aromatic nitrogens is 1. The van der Waals surface area contributed by atoms with Crippen molar-refractivity contribution in [1.82, 2.24) is 4.98 Å². The number of benzene rings is 2. The average molecular weight is 323 g/mol. The molecule has 1 heterocycles. The number of anilines is 1. The summed E-state index contributed by atoms with van der Waals surface area (Å²) in [5.74, 6) is -0.465. The minimum absolute atomic E-state index is 0.152. The van der Waals surface area contributed by atoms with Gasteiger partial charge in [-0.2, -0.15) is 0 Å². The van der Waals surface area contributed by atoms with Crippen LogP contribution in [0, 0.1) is 17.0 Å². The molecule has 0 fully saturated rings. The number of fused-ring (bicyclic) bond motifs is 1. The Balaban J connectivity index is 1.92. The molecule has 120 valence electrons. The summed E-state index contributed by atoms with van der Waals surface area (Å²) in [4.78, 5) is 36.7. The van der Waals surface area contributed by atoms with Gasteiger partial charge in [0.1, 0.15) is 0 Å². The fourth-order valence-corrected chi connectivity index (χ4v) is 2.48. The third-order valence-corrected chi connectivity index (χ3v) is 3.63. The highest BCUT2D eigenvalue weighted by Crippen LogP contribution is 2.20. The first kappa shape index (κ1) is 15.4. The van der Waals surface area contributed by atoms with Crippen LogP contribution in [0.25, 0.3) is 10.9 Å². The van der Waals surface area contributed by atoms with Crippen LogP contribution >= 0.6 is 0 Å². The normalized spacial score (nSPS) is 10.5. The van der Waals surface area contributed by atoms with Crippen molar-refractivity contribution in [1.29, 1.82) is 0 Å². The monoisotopic (exact) mass is 323 g/mol. The second kappa shape index (κ2) is 5.96. The van der Waals surface area contributed by atoms with Crippen LogP contribution in [0.3, 0.4) is 0 Å². The highest BCUT2D eigenvalue weighted by atomic mass is 16.6. The van der Waals surface area contributed by atoms with Crippen LogP contribution in [0.4, 0.5) is 11.4 Å². The summed E-state index contributed by atoms with van der Waals surface area (Å²) >= 11 is 0. The summed E-state index contributed by atoms with van der Waals surface area (Å²) in [6, 6.07) is 12.1. The van der Waals surface area contributed by atoms with E-state index in [1.54, 1.807) is 18.2 Å². The maximum atomic E-state index is 12.3. The first-order valence-corrected chi connectivity index (χ1v) is 7.13. The molecule has 0 radical (unpaired) electrons. The molecule has 0 spiro atoms. The number of nitrogens with one attached hydrogen (secondary N) is 2. The Kier molecular flexibility index (Phi) is 3.83. The molecule has 0 unspecified atom stereocenters. The molecule has 0 aliphatic rings. The van der Waals surface area contributed by atoms with E-state index in [2.05, 4.69) is 10.3 Å². The topological polar surface area (TPSA) is 105 Å². The summed E-state index contributed by atoms with van der Waals surface area (Å²) < 4.78 is 0. The smallest absolute Gasteiger partial charge is 0.270 e. The molecular formula is C17H13N3O4. The lowest BCUT2D eigenvalue weighted by Gasteiger charge is -2.08. The Labute approximate surface area is 136 Å². The van der Waals surface area contributed by atoms with Gasteiger partial charge in [-0.05, 0) is 30.7 Å². The van der Waals surface area contributed by atoms with Gasteiger partial charge in [-0.15, -0.1) is 0 Å². The van der Waals surface area contributed by atoms with Crippen molar-refractivity contribution in [2.24, 2.45) is 0 Å². The second-order valence-electron chi connectivity index (χ2n) is 5.34. The molecule has 0 bridgehead atoms. The number of pyridine rings is 1. The number of nitrogens with zero attached hydrogens (tertiary/aromatic N) is 1. The molecule has 7 heteroatoms. The van der Waals surface area contributed by atoms with E-state index in [-0.39, 0.29) is 16.8 Å². The summed E-state index contributed by atoms with van der Waals surface area (Å²) in [6.07, 6.45) is 0. The standard InChI is InChI=1S/C17H13N3O4/c1-10-7-16(21)19-15-9-12(5-6-14(10)15)18-17(22)11-3-2-4-13(8-11)20(23)24/h2-9H,1H3,(H,18,22)(H,19,21). The molecule has 0 saturated carbocycles. The molecular weight excluding hydrogens is 310 g/mol. The predicted molar refractivity (Wildman–Crippen MR) is 90.4 cm³/mol. The van der Waals surface area contributed by atoms with Crippen molar-refractivity contribution in [2.45, 2.75) is 6.92 Å². The summed E-state index contributed by atoms with van der Waals surface area (Å²) in [5, 5.41) is 14.3. The average Bonchev–Trinajstić information content (AvgIpc) is 2.54. The third-order valence-electron chi connectivity index (χ3n) is 3.63. The van der Waals surface area contributed by atoms with Gasteiger partial charge < -0.3 is 10.3 Å². The number of aryl methyl sites for hydroxylation is 1. The van der Waals surface area contributed by atoms with Crippen molar-refractivity contribution in [3.63, 3.8) is 0 Å². The van der Waals surface area contributed by atoms with Crippen molar-refractivity contribution in [3.05, 3.63) is 80.1 Å². The lowest BCUT2D eigenvalue weighted by molar-refractivity contribution is -0.384. The Morgan fingerprint density at radius 1 is 1.17 bits per heavy atom. The predicted octanol–water partition coefficient (Wildman–Crippen LogP) is 3.00. The van der Waals surface area contributed by atoms with Crippen LogP contribution in [0.2, 0.25) is 0 Å². The molecule has 2 aromatic carbocycles. The van der Waals surface area contributed by atoms with E-state index in [1.807, 2.05) is 6.92 Å². The number of non-ortho nitro benzene ring substituents is 1. The molecule has 1 aromatic heterocycles. The van der Waals surface area contributed by atoms with E-state index >= 15 is 0 Å². The number of nitro groups is 1. The molecule has 0 atom stereocenters. The molecule has 0 aliphatic carbocycles. The van der Waals surface area contributed by atoms with Gasteiger partial charge in [0.2, 0.25) is 5.56 Å². The zero-order valence-electron chi connectivity index (χ0n) is 12.7. The van der Waals surface area contributed by atoms with Gasteiger partial charge in [-0.25, -0.2) is 0 Å². The molecule has 7 nitrogen and oxygen atoms in total. The van der Waals surface area contributed by atoms with Crippen LogP contribution < -0.4 is 10.9 Å². The maximum Gasteiger partial charge on any atom is 0.270 e. The number of amides is 1. The molecule has 1 amide bonds. The van der Waals surface area contributed by atoms with Crippen molar-refractivity contribution >= 4 is 28.2 Å². The number of carbonyl (C=O) groups is 1. The van der Waals surface area contributed by atoms with E-state index in [0.717, 1.165) is 10.9 Å². The number of rotatable bonds is 3. The first-order valence-electron chi connectivity index (χ1n) is 7.13. The van der Waals surface area contributed by atoms with Crippen LogP contribution in [0.1, 0.15) is 15.9 Å². The summed E-state index contributed by atoms with van der Waals surface area (Å²) in [7, 11) is 0. The van der Waals surface area contributed by atoms with Crippen LogP contribution in [0.5, 0.6) is 0 Å². The number of hydrogen-bond acceptors (Lipinski definition) is 4. The number of aromatic amines is 1. The Hall–Kier alpha value is -3.48. The van der Waals surface area contributed by atoms with E-state index in [1.165, 1.54) is 30.3 Å². The van der Waals surface area contributed by atoms with E-state index in [4.69, 9.17) is 0 Å². The molecule has 2 N–H and O–H groups in total. The van der Waals surface area contributed by atoms with Crippen molar-refractivity contribution in [2.75, 3.05) is 5.32 Å². The number of nitro benzene ring substituents is 1. The Morgan fingerprint density at radius 2 is 1.96 bits per heavy atom. The van der Waals surface area contributed by atoms with Crippen LogP contribution in [-0.4, -0.2) is 15.8 Å². The molecule has 3 aromatic rings. The van der Waals surface area contributed by atoms with E-state index < -0.39 is 10.8 Å². The number of H-pyrrole nitrogens is 1. The highest BCUT2D eigenvalue weighted by Gasteiger charge is 2.12. The fourth-order valence-electron chi connectivity index (χ4n) is 2.48. The fraction of sp³-hybridized carbons (Fsp3) is 0.0588. The van der Waals surface area contributed by atoms with Gasteiger partial charge >= 0.3 is 0 Å². The summed E-state index contributed by atoms with van der Waals surface area (Å²) in [6.45, 7) is 1.83. The first-order chi connectivity index (χ1) is 11.4. The molecule has 3 rings (SSSR count). The quantitative estimate of drug-likeness (QED) is 0.571. The van der Waals surface area contributed by atoms with Gasteiger partial charge in [0.05, 0.1) is 10.4 Å². The van der Waals surface area contributed by atoms with Crippen molar-refractivity contribution < 1.29 is 9.72 Å². The minimum atomic E-state index is -0.555. The molecule has 0 saturated heterocycles. The maximum absolute atomic E-state index is 12.3. The lowest BCUT2D eigenvalue weighted by Crippen LogP contribution is -2.12. The van der Waals surface area contributed by atoms with E-state index in [9.17, 15) is 19.7 Å². The number of hydrogen-bond donors (Lipinski definition) is 2. The van der Waals surface area contributed by atoms with Crippen LogP contribution in [-0.2, 0) is 0 Å². The van der Waals surface area contributed by atoms with Gasteiger partial charge in [-0.3, -0.25) is 19.7 Å². The van der Waals surface area contributed by atoms with Gasteiger partial charge in [-0.1, -0.05) is 12.1 Å². The number of carbonyl (C=O) groups excluding carboxylic acids is 1. The Morgan fingerprint density at radius 3 is 2.71 bits per heavy atom. The van der Waals surface area contributed by atoms with Crippen molar-refractivity contribution in [3.8, 4) is 0 Å². The van der Waals surface area contributed by atoms with Gasteiger partial charge in [0, 0.05) is 34.8 Å². The zero-order chi connectivity index (χ0) is 17.3.